The van der Waals surface area contributed by atoms with E-state index in [1.165, 1.54) is 4.31 Å². The van der Waals surface area contributed by atoms with Gasteiger partial charge in [0.05, 0.1) is 17.9 Å². The molecule has 0 aliphatic carbocycles. The largest absolute Gasteiger partial charge is 0.329 e. The first-order valence-corrected chi connectivity index (χ1v) is 8.58. The van der Waals surface area contributed by atoms with E-state index in [0.717, 1.165) is 12.8 Å². The third-order valence-corrected chi connectivity index (χ3v) is 5.59. The number of nitrogens with two attached hydrogens (primary N) is 1. The molecule has 6 nitrogen and oxygen atoms in total. The molecular weight excluding hydrogens is 276 g/mol. The van der Waals surface area contributed by atoms with Crippen LogP contribution in [0.2, 0.25) is 0 Å². The highest BCUT2D eigenvalue weighted by molar-refractivity contribution is 7.89. The van der Waals surface area contributed by atoms with Gasteiger partial charge >= 0.3 is 0 Å². The van der Waals surface area contributed by atoms with Crippen molar-refractivity contribution in [1.82, 2.24) is 14.1 Å². The molecule has 0 saturated heterocycles. The highest BCUT2D eigenvalue weighted by Crippen LogP contribution is 2.23. The van der Waals surface area contributed by atoms with Crippen LogP contribution in [0.5, 0.6) is 0 Å². The molecule has 0 bridgehead atoms. The topological polar surface area (TPSA) is 81.2 Å². The average molecular weight is 302 g/mol. The molecule has 0 saturated carbocycles. The number of unbranched alkanes of at least 4 members (excludes halogenated alkanes) is 1. The van der Waals surface area contributed by atoms with Crippen molar-refractivity contribution < 1.29 is 8.42 Å². The van der Waals surface area contributed by atoms with Gasteiger partial charge in [-0.25, -0.2) is 8.42 Å². The van der Waals surface area contributed by atoms with Gasteiger partial charge in [-0.05, 0) is 20.3 Å². The first-order chi connectivity index (χ1) is 9.39. The maximum Gasteiger partial charge on any atom is 0.246 e. The summed E-state index contributed by atoms with van der Waals surface area (Å²) in [6.45, 7) is 9.44. The number of sulfonamides is 1. The third kappa shape index (κ3) is 3.39. The molecule has 0 amide bonds. The molecule has 1 aromatic heterocycles. The monoisotopic (exact) mass is 302 g/mol. The Labute approximate surface area is 122 Å². The fourth-order valence-corrected chi connectivity index (χ4v) is 4.17. The minimum Gasteiger partial charge on any atom is -0.329 e. The lowest BCUT2D eigenvalue weighted by molar-refractivity contribution is 0.418. The molecule has 1 aromatic rings. The highest BCUT2D eigenvalue weighted by atomic mass is 32.2. The van der Waals surface area contributed by atoms with Gasteiger partial charge in [0.1, 0.15) is 4.90 Å². The molecule has 2 N–H and O–H groups in total. The summed E-state index contributed by atoms with van der Waals surface area (Å²) in [6.07, 6.45) is 1.83. The van der Waals surface area contributed by atoms with E-state index in [4.69, 9.17) is 5.73 Å². The number of hydrogen-bond acceptors (Lipinski definition) is 4. The van der Waals surface area contributed by atoms with E-state index >= 15 is 0 Å². The molecule has 0 fully saturated rings. The van der Waals surface area contributed by atoms with Crippen molar-refractivity contribution in [2.45, 2.75) is 52.0 Å². The van der Waals surface area contributed by atoms with Crippen LogP contribution >= 0.6 is 0 Å². The third-order valence-electron chi connectivity index (χ3n) is 3.37. The summed E-state index contributed by atoms with van der Waals surface area (Å²) in [7, 11) is -3.47. The molecule has 0 atom stereocenters. The summed E-state index contributed by atoms with van der Waals surface area (Å²) in [4.78, 5) is 0.337. The van der Waals surface area contributed by atoms with Gasteiger partial charge < -0.3 is 5.73 Å². The van der Waals surface area contributed by atoms with Crippen LogP contribution in [0.15, 0.2) is 4.90 Å². The zero-order valence-electron chi connectivity index (χ0n) is 12.9. The lowest BCUT2D eigenvalue weighted by Gasteiger charge is -2.20. The van der Waals surface area contributed by atoms with Gasteiger partial charge in [-0.15, -0.1) is 0 Å². The van der Waals surface area contributed by atoms with Gasteiger partial charge in [0, 0.05) is 19.6 Å². The quantitative estimate of drug-likeness (QED) is 0.784. The van der Waals surface area contributed by atoms with Crippen LogP contribution in [0.1, 0.15) is 38.1 Å². The second-order valence-corrected chi connectivity index (χ2v) is 6.74. The van der Waals surface area contributed by atoms with E-state index in [1.54, 1.807) is 18.5 Å². The van der Waals surface area contributed by atoms with E-state index in [-0.39, 0.29) is 0 Å². The normalized spacial score (nSPS) is 12.3. The minimum atomic E-state index is -3.47. The van der Waals surface area contributed by atoms with Crippen LogP contribution in [0, 0.1) is 13.8 Å². The Morgan fingerprint density at radius 1 is 1.30 bits per heavy atom. The predicted molar refractivity (Wildman–Crippen MR) is 80.1 cm³/mol. The number of hydrogen-bond donors (Lipinski definition) is 1. The summed E-state index contributed by atoms with van der Waals surface area (Å²) in [5.74, 6) is 0. The molecule has 116 valence electrons. The first kappa shape index (κ1) is 17.1. The summed E-state index contributed by atoms with van der Waals surface area (Å²) in [6, 6.07) is 0. The minimum absolute atomic E-state index is 0.337. The van der Waals surface area contributed by atoms with Crippen LogP contribution in [-0.4, -0.2) is 42.1 Å². The van der Waals surface area contributed by atoms with E-state index in [2.05, 4.69) is 12.0 Å². The van der Waals surface area contributed by atoms with Gasteiger partial charge in [0.15, 0.2) is 0 Å². The predicted octanol–water partition coefficient (Wildman–Crippen LogP) is 1.27. The summed E-state index contributed by atoms with van der Waals surface area (Å²) < 4.78 is 28.7. The van der Waals surface area contributed by atoms with E-state index < -0.39 is 10.0 Å². The Balaban J connectivity index is 3.20. The van der Waals surface area contributed by atoms with Crippen molar-refractivity contribution in [3.05, 3.63) is 11.4 Å². The summed E-state index contributed by atoms with van der Waals surface area (Å²) in [5, 5.41) is 4.29. The van der Waals surface area contributed by atoms with Crippen LogP contribution in [0.3, 0.4) is 0 Å². The Morgan fingerprint density at radius 2 is 1.95 bits per heavy atom. The second-order valence-electron chi connectivity index (χ2n) is 4.86. The molecular formula is C13H26N4O2S. The van der Waals surface area contributed by atoms with Crippen molar-refractivity contribution in [3.8, 4) is 0 Å². The fourth-order valence-electron chi connectivity index (χ4n) is 2.31. The van der Waals surface area contributed by atoms with Crippen LogP contribution in [0.25, 0.3) is 0 Å². The average Bonchev–Trinajstić information content (AvgIpc) is 2.66. The van der Waals surface area contributed by atoms with Gasteiger partial charge in [-0.3, -0.25) is 4.68 Å². The van der Waals surface area contributed by atoms with Gasteiger partial charge in [0.25, 0.3) is 0 Å². The Morgan fingerprint density at radius 3 is 2.45 bits per heavy atom. The summed E-state index contributed by atoms with van der Waals surface area (Å²) in [5.41, 5.74) is 6.75. The number of aryl methyl sites for hydroxylation is 1. The zero-order valence-corrected chi connectivity index (χ0v) is 13.7. The Bertz CT molecular complexity index is 537. The van der Waals surface area contributed by atoms with E-state index in [0.29, 0.717) is 42.5 Å². The van der Waals surface area contributed by atoms with Gasteiger partial charge in [-0.2, -0.15) is 9.40 Å². The maximum atomic E-state index is 12.8. The maximum absolute atomic E-state index is 12.8. The van der Waals surface area contributed by atoms with Crippen molar-refractivity contribution in [2.75, 3.05) is 19.6 Å². The van der Waals surface area contributed by atoms with Crippen LogP contribution in [0.4, 0.5) is 0 Å². The molecule has 0 aromatic carbocycles. The molecule has 7 heteroatoms. The fraction of sp³-hybridized carbons (Fsp3) is 0.769. The van der Waals surface area contributed by atoms with Crippen molar-refractivity contribution in [1.29, 1.82) is 0 Å². The Kier molecular flexibility index (Phi) is 6.16. The molecule has 0 unspecified atom stereocenters. The van der Waals surface area contributed by atoms with Gasteiger partial charge in [-0.1, -0.05) is 20.3 Å². The molecule has 0 spiro atoms. The van der Waals surface area contributed by atoms with Crippen LogP contribution in [-0.2, 0) is 16.6 Å². The zero-order chi connectivity index (χ0) is 15.3. The lowest BCUT2D eigenvalue weighted by Crippen LogP contribution is -2.32. The first-order valence-electron chi connectivity index (χ1n) is 7.14. The molecule has 1 rings (SSSR count). The Hall–Kier alpha value is -0.920. The van der Waals surface area contributed by atoms with E-state index in [9.17, 15) is 8.42 Å². The molecule has 0 aliphatic rings. The second kappa shape index (κ2) is 7.19. The molecule has 20 heavy (non-hydrogen) atoms. The van der Waals surface area contributed by atoms with Crippen LogP contribution < -0.4 is 5.73 Å². The summed E-state index contributed by atoms with van der Waals surface area (Å²) >= 11 is 0. The standard InChI is InChI=1S/C13H26N4O2S/c1-5-7-9-16(6-2)20(18,19)13-11(3)15-17(10-8-14)12(13)4/h5-10,14H2,1-4H3. The molecule has 0 radical (unpaired) electrons. The van der Waals surface area contributed by atoms with E-state index in [1.807, 2.05) is 6.92 Å². The lowest BCUT2D eigenvalue weighted by atomic mass is 10.3. The molecule has 1 heterocycles. The van der Waals surface area contributed by atoms with Crippen molar-refractivity contribution >= 4 is 10.0 Å². The molecule has 0 aliphatic heterocycles. The van der Waals surface area contributed by atoms with Crippen molar-refractivity contribution in [2.24, 2.45) is 5.73 Å². The number of rotatable bonds is 8. The smallest absolute Gasteiger partial charge is 0.246 e. The SMILES string of the molecule is CCCCN(CC)S(=O)(=O)c1c(C)nn(CCN)c1C. The van der Waals surface area contributed by atoms with Gasteiger partial charge in [0.2, 0.25) is 10.0 Å². The van der Waals surface area contributed by atoms with Crippen molar-refractivity contribution in [3.63, 3.8) is 0 Å². The number of aromatic nitrogens is 2. The number of nitrogens with zero attached hydrogens (tertiary/aromatic N) is 3. The highest BCUT2D eigenvalue weighted by Gasteiger charge is 2.29.